The lowest BCUT2D eigenvalue weighted by Crippen LogP contribution is -2.37. The van der Waals surface area contributed by atoms with Crippen LogP contribution in [0.25, 0.3) is 11.0 Å². The van der Waals surface area contributed by atoms with E-state index in [4.69, 9.17) is 0 Å². The van der Waals surface area contributed by atoms with E-state index >= 15 is 0 Å². The lowest BCUT2D eigenvalue weighted by molar-refractivity contribution is -0.275. The van der Waals surface area contributed by atoms with E-state index in [0.717, 1.165) is 11.0 Å². The van der Waals surface area contributed by atoms with E-state index in [1.807, 2.05) is 28.8 Å². The molecule has 0 unspecified atom stereocenters. The first kappa shape index (κ1) is 20.5. The van der Waals surface area contributed by atoms with E-state index in [0.29, 0.717) is 19.5 Å². The lowest BCUT2D eigenvalue weighted by Gasteiger charge is -2.20. The van der Waals surface area contributed by atoms with Gasteiger partial charge in [0.1, 0.15) is 5.75 Å². The Balaban J connectivity index is 1.49. The fourth-order valence-electron chi connectivity index (χ4n) is 2.95. The number of ether oxygens (including phenoxy) is 1. The molecule has 1 heterocycles. The maximum absolute atomic E-state index is 12.5. The molecule has 29 heavy (non-hydrogen) atoms. The fraction of sp³-hybridized carbons (Fsp3) is 0.300. The van der Waals surface area contributed by atoms with Gasteiger partial charge in [0.15, 0.2) is 0 Å². The van der Waals surface area contributed by atoms with E-state index in [2.05, 4.69) is 15.0 Å². The van der Waals surface area contributed by atoms with Gasteiger partial charge < -0.3 is 19.5 Å². The second kappa shape index (κ2) is 8.85. The van der Waals surface area contributed by atoms with Crippen LogP contribution in [0.15, 0.2) is 54.9 Å². The summed E-state index contributed by atoms with van der Waals surface area (Å²) in [6.07, 6.45) is -2.33. The Kier molecular flexibility index (Phi) is 6.26. The molecule has 1 aromatic heterocycles. The van der Waals surface area contributed by atoms with Gasteiger partial charge >= 0.3 is 12.4 Å². The molecule has 154 valence electrons. The molecule has 3 aromatic rings. The normalized spacial score (nSPS) is 11.4. The average molecular weight is 406 g/mol. The number of amides is 2. The molecule has 9 heteroatoms. The van der Waals surface area contributed by atoms with Crippen molar-refractivity contribution in [3.8, 4) is 5.75 Å². The minimum absolute atomic E-state index is 0.00968. The number of alkyl halides is 3. The zero-order valence-electron chi connectivity index (χ0n) is 15.8. The Morgan fingerprint density at radius 2 is 1.90 bits per heavy atom. The third-order valence-corrected chi connectivity index (χ3v) is 4.33. The highest BCUT2D eigenvalue weighted by molar-refractivity contribution is 5.75. The van der Waals surface area contributed by atoms with Crippen molar-refractivity contribution in [1.82, 2.24) is 19.8 Å². The summed E-state index contributed by atoms with van der Waals surface area (Å²) in [7, 11) is 1.52. The van der Waals surface area contributed by atoms with Gasteiger partial charge in [-0.25, -0.2) is 9.78 Å². The molecule has 0 aliphatic carbocycles. The number of nitrogens with one attached hydrogen (secondary N) is 1. The van der Waals surface area contributed by atoms with Crippen LogP contribution in [0.1, 0.15) is 12.0 Å². The molecule has 6 nitrogen and oxygen atoms in total. The Bertz CT molecular complexity index is 972. The number of carbonyl (C=O) groups excluding carboxylic acids is 1. The SMILES string of the molecule is CN(Cc1ccccc1OC(F)(F)F)C(=O)NCCCn1cnc2ccccc21. The van der Waals surface area contributed by atoms with Crippen molar-refractivity contribution >= 4 is 17.1 Å². The summed E-state index contributed by atoms with van der Waals surface area (Å²) in [5.74, 6) is -0.313. The minimum Gasteiger partial charge on any atom is -0.405 e. The maximum Gasteiger partial charge on any atom is 0.573 e. The summed E-state index contributed by atoms with van der Waals surface area (Å²) >= 11 is 0. The van der Waals surface area contributed by atoms with Gasteiger partial charge in [0.05, 0.1) is 23.9 Å². The van der Waals surface area contributed by atoms with E-state index < -0.39 is 6.36 Å². The van der Waals surface area contributed by atoms with Gasteiger partial charge in [-0.05, 0) is 24.6 Å². The van der Waals surface area contributed by atoms with E-state index in [1.54, 1.807) is 12.4 Å². The molecular weight excluding hydrogens is 385 g/mol. The van der Waals surface area contributed by atoms with Crippen molar-refractivity contribution in [1.29, 1.82) is 0 Å². The number of fused-ring (bicyclic) bond motifs is 1. The lowest BCUT2D eigenvalue weighted by atomic mass is 10.2. The predicted octanol–water partition coefficient (Wildman–Crippen LogP) is 4.17. The van der Waals surface area contributed by atoms with Gasteiger partial charge in [-0.15, -0.1) is 13.2 Å². The highest BCUT2D eigenvalue weighted by Crippen LogP contribution is 2.26. The van der Waals surface area contributed by atoms with Crippen LogP contribution in [0.3, 0.4) is 0 Å². The largest absolute Gasteiger partial charge is 0.573 e. The van der Waals surface area contributed by atoms with Gasteiger partial charge in [0, 0.05) is 25.7 Å². The van der Waals surface area contributed by atoms with Crippen LogP contribution in [-0.2, 0) is 13.1 Å². The average Bonchev–Trinajstić information content (AvgIpc) is 3.08. The number of benzene rings is 2. The fourth-order valence-corrected chi connectivity index (χ4v) is 2.95. The van der Waals surface area contributed by atoms with Crippen molar-refractivity contribution in [2.24, 2.45) is 0 Å². The van der Waals surface area contributed by atoms with Gasteiger partial charge in [0.2, 0.25) is 0 Å². The molecule has 0 spiro atoms. The van der Waals surface area contributed by atoms with Crippen LogP contribution in [0.2, 0.25) is 0 Å². The summed E-state index contributed by atoms with van der Waals surface area (Å²) in [4.78, 5) is 17.9. The molecular formula is C20H21F3N4O2. The van der Waals surface area contributed by atoms with Gasteiger partial charge in [-0.1, -0.05) is 30.3 Å². The smallest absolute Gasteiger partial charge is 0.405 e. The van der Waals surface area contributed by atoms with Crippen molar-refractivity contribution in [2.75, 3.05) is 13.6 Å². The van der Waals surface area contributed by atoms with Gasteiger partial charge in [-0.3, -0.25) is 0 Å². The summed E-state index contributed by atoms with van der Waals surface area (Å²) in [6, 6.07) is 13.2. The summed E-state index contributed by atoms with van der Waals surface area (Å²) in [6.45, 7) is 1.10. The zero-order chi connectivity index (χ0) is 20.9. The number of rotatable bonds is 7. The molecule has 0 aliphatic heterocycles. The third kappa shape index (κ3) is 5.63. The van der Waals surface area contributed by atoms with Gasteiger partial charge in [-0.2, -0.15) is 0 Å². The first-order valence-electron chi connectivity index (χ1n) is 9.06. The molecule has 2 amide bonds. The Labute approximate surface area is 165 Å². The number of para-hydroxylation sites is 3. The highest BCUT2D eigenvalue weighted by Gasteiger charge is 2.32. The van der Waals surface area contributed by atoms with Crippen molar-refractivity contribution in [2.45, 2.75) is 25.9 Å². The first-order valence-corrected chi connectivity index (χ1v) is 9.06. The number of imidazole rings is 1. The molecule has 0 saturated carbocycles. The van der Waals surface area contributed by atoms with Crippen LogP contribution in [0.4, 0.5) is 18.0 Å². The van der Waals surface area contributed by atoms with Crippen molar-refractivity contribution in [3.63, 3.8) is 0 Å². The first-order chi connectivity index (χ1) is 13.8. The quantitative estimate of drug-likeness (QED) is 0.600. The standard InChI is InChI=1S/C20H21F3N4O2/c1-26(13-15-7-2-5-10-18(15)29-20(21,22)23)19(28)24-11-6-12-27-14-25-16-8-3-4-9-17(16)27/h2-5,7-10,14H,6,11-13H2,1H3,(H,24,28). The maximum atomic E-state index is 12.5. The monoisotopic (exact) mass is 406 g/mol. The molecule has 1 N–H and O–H groups in total. The molecule has 0 saturated heterocycles. The minimum atomic E-state index is -4.78. The van der Waals surface area contributed by atoms with Crippen LogP contribution in [0, 0.1) is 0 Å². The number of halogens is 3. The zero-order valence-corrected chi connectivity index (χ0v) is 15.8. The summed E-state index contributed by atoms with van der Waals surface area (Å²) in [5, 5.41) is 2.77. The second-order valence-corrected chi connectivity index (χ2v) is 6.52. The van der Waals surface area contributed by atoms with Crippen LogP contribution < -0.4 is 10.1 Å². The third-order valence-electron chi connectivity index (χ3n) is 4.33. The number of aromatic nitrogens is 2. The van der Waals surface area contributed by atoms with Crippen LogP contribution >= 0.6 is 0 Å². The van der Waals surface area contributed by atoms with E-state index in [1.165, 1.54) is 30.1 Å². The van der Waals surface area contributed by atoms with Crippen molar-refractivity contribution < 1.29 is 22.7 Å². The van der Waals surface area contributed by atoms with Crippen LogP contribution in [0.5, 0.6) is 5.75 Å². The van der Waals surface area contributed by atoms with E-state index in [-0.39, 0.29) is 23.9 Å². The molecule has 0 fully saturated rings. The number of aryl methyl sites for hydroxylation is 1. The molecule has 0 aliphatic rings. The number of urea groups is 1. The van der Waals surface area contributed by atoms with Crippen molar-refractivity contribution in [3.05, 3.63) is 60.4 Å². The number of hydrogen-bond acceptors (Lipinski definition) is 3. The molecule has 0 atom stereocenters. The highest BCUT2D eigenvalue weighted by atomic mass is 19.4. The Hall–Kier alpha value is -3.23. The molecule has 0 bridgehead atoms. The predicted molar refractivity (Wildman–Crippen MR) is 102 cm³/mol. The van der Waals surface area contributed by atoms with E-state index in [9.17, 15) is 18.0 Å². The summed E-state index contributed by atoms with van der Waals surface area (Å²) < 4.78 is 43.6. The molecule has 0 radical (unpaired) electrons. The number of hydrogen-bond donors (Lipinski definition) is 1. The summed E-state index contributed by atoms with van der Waals surface area (Å²) in [5.41, 5.74) is 2.21. The number of carbonyl (C=O) groups is 1. The number of nitrogens with zero attached hydrogens (tertiary/aromatic N) is 3. The topological polar surface area (TPSA) is 59.4 Å². The Morgan fingerprint density at radius 1 is 1.17 bits per heavy atom. The Morgan fingerprint density at radius 3 is 2.69 bits per heavy atom. The second-order valence-electron chi connectivity index (χ2n) is 6.52. The molecule has 3 rings (SSSR count). The van der Waals surface area contributed by atoms with Gasteiger partial charge in [0.25, 0.3) is 0 Å². The molecule has 2 aromatic carbocycles. The van der Waals surface area contributed by atoms with Crippen LogP contribution in [-0.4, -0.2) is 40.4 Å².